The van der Waals surface area contributed by atoms with Crippen molar-refractivity contribution in [1.82, 2.24) is 0 Å². The van der Waals surface area contributed by atoms with E-state index in [1.165, 1.54) is 0 Å². The van der Waals surface area contributed by atoms with Crippen molar-refractivity contribution in [1.29, 1.82) is 0 Å². The minimum Gasteiger partial charge on any atom is -0.503 e. The van der Waals surface area contributed by atoms with E-state index in [0.717, 1.165) is 0 Å². The Morgan fingerprint density at radius 2 is 2.06 bits per heavy atom. The average molecular weight is 285 g/mol. The Hall–Kier alpha value is -1.45. The lowest BCUT2D eigenvalue weighted by atomic mass is 10.3. The summed E-state index contributed by atoms with van der Waals surface area (Å²) in [4.78, 5) is 0. The fourth-order valence-electron chi connectivity index (χ4n) is 1.50. The molecule has 1 aromatic heterocycles. The maximum Gasteiger partial charge on any atom is 0.211 e. The number of pyridine rings is 1. The standard InChI is InChI=1S/C13H11Cl2NO2/c14-10-3-4-13(12(15)8-10)18-7-6-16-5-1-2-11(17)9-16/h1-5,8-9H,6-7H2/p+1. The Morgan fingerprint density at radius 3 is 2.78 bits per heavy atom. The summed E-state index contributed by atoms with van der Waals surface area (Å²) in [7, 11) is 0. The van der Waals surface area contributed by atoms with Gasteiger partial charge in [-0.3, -0.25) is 0 Å². The Bertz CT molecular complexity index is 546. The first-order valence-corrected chi connectivity index (χ1v) is 6.16. The van der Waals surface area contributed by atoms with Crippen molar-refractivity contribution in [3.8, 4) is 11.5 Å². The van der Waals surface area contributed by atoms with Gasteiger partial charge >= 0.3 is 0 Å². The van der Waals surface area contributed by atoms with Gasteiger partial charge in [-0.1, -0.05) is 23.2 Å². The van der Waals surface area contributed by atoms with Crippen LogP contribution in [0.3, 0.4) is 0 Å². The maximum atomic E-state index is 9.31. The molecule has 0 radical (unpaired) electrons. The van der Waals surface area contributed by atoms with Gasteiger partial charge < -0.3 is 9.84 Å². The summed E-state index contributed by atoms with van der Waals surface area (Å²) in [5.74, 6) is 0.823. The summed E-state index contributed by atoms with van der Waals surface area (Å²) < 4.78 is 7.38. The molecule has 0 unspecified atom stereocenters. The molecule has 1 heterocycles. The Balaban J connectivity index is 1.92. The Labute approximate surface area is 115 Å². The van der Waals surface area contributed by atoms with Gasteiger partial charge in [-0.05, 0) is 24.3 Å². The molecular weight excluding hydrogens is 273 g/mol. The number of nitrogens with zero attached hydrogens (tertiary/aromatic N) is 1. The summed E-state index contributed by atoms with van der Waals surface area (Å²) in [5, 5.41) is 10.4. The highest BCUT2D eigenvalue weighted by atomic mass is 35.5. The summed E-state index contributed by atoms with van der Waals surface area (Å²) in [6.45, 7) is 1.07. The summed E-state index contributed by atoms with van der Waals surface area (Å²) in [5.41, 5.74) is 0. The molecule has 2 rings (SSSR count). The van der Waals surface area contributed by atoms with E-state index in [1.807, 2.05) is 10.8 Å². The van der Waals surface area contributed by atoms with Crippen molar-refractivity contribution in [2.24, 2.45) is 0 Å². The molecule has 0 aliphatic rings. The van der Waals surface area contributed by atoms with E-state index in [2.05, 4.69) is 0 Å². The third-order valence-corrected chi connectivity index (χ3v) is 2.87. The quantitative estimate of drug-likeness (QED) is 0.876. The predicted octanol–water partition coefficient (Wildman–Crippen LogP) is 3.07. The Kier molecular flexibility index (Phi) is 4.28. The second-order valence-electron chi connectivity index (χ2n) is 3.72. The molecule has 1 N–H and O–H groups in total. The normalized spacial score (nSPS) is 10.3. The molecule has 0 spiro atoms. The van der Waals surface area contributed by atoms with Crippen LogP contribution in [0.25, 0.3) is 0 Å². The van der Waals surface area contributed by atoms with Gasteiger partial charge in [-0.15, -0.1) is 0 Å². The van der Waals surface area contributed by atoms with Crippen molar-refractivity contribution >= 4 is 23.2 Å². The minimum atomic E-state index is 0.224. The molecule has 1 aromatic carbocycles. The van der Waals surface area contributed by atoms with Gasteiger partial charge in [-0.25, -0.2) is 0 Å². The molecule has 18 heavy (non-hydrogen) atoms. The van der Waals surface area contributed by atoms with E-state index in [9.17, 15) is 5.11 Å². The number of hydrogen-bond donors (Lipinski definition) is 1. The molecule has 5 heteroatoms. The third-order valence-electron chi connectivity index (χ3n) is 2.34. The number of ether oxygens (including phenoxy) is 1. The van der Waals surface area contributed by atoms with Crippen molar-refractivity contribution in [2.45, 2.75) is 6.54 Å². The van der Waals surface area contributed by atoms with E-state index in [1.54, 1.807) is 36.5 Å². The van der Waals surface area contributed by atoms with Gasteiger partial charge in [0.05, 0.1) is 5.02 Å². The molecule has 2 aromatic rings. The zero-order valence-corrected chi connectivity index (χ0v) is 11.0. The van der Waals surface area contributed by atoms with E-state index >= 15 is 0 Å². The smallest absolute Gasteiger partial charge is 0.211 e. The second kappa shape index (κ2) is 5.94. The van der Waals surface area contributed by atoms with Gasteiger partial charge in [0.2, 0.25) is 6.20 Å². The largest absolute Gasteiger partial charge is 0.503 e. The average Bonchev–Trinajstić information content (AvgIpc) is 2.32. The van der Waals surface area contributed by atoms with Crippen LogP contribution in [0, 0.1) is 0 Å². The highest BCUT2D eigenvalue weighted by Gasteiger charge is 2.05. The van der Waals surface area contributed by atoms with Crippen LogP contribution in [-0.4, -0.2) is 11.7 Å². The summed E-state index contributed by atoms with van der Waals surface area (Å²) >= 11 is 11.8. The first-order valence-electron chi connectivity index (χ1n) is 5.41. The van der Waals surface area contributed by atoms with Gasteiger partial charge in [0, 0.05) is 11.1 Å². The second-order valence-corrected chi connectivity index (χ2v) is 4.57. The van der Waals surface area contributed by atoms with E-state index in [-0.39, 0.29) is 5.75 Å². The van der Waals surface area contributed by atoms with Gasteiger partial charge in [0.1, 0.15) is 12.4 Å². The maximum absolute atomic E-state index is 9.31. The fourth-order valence-corrected chi connectivity index (χ4v) is 1.96. The summed E-state index contributed by atoms with van der Waals surface area (Å²) in [6, 6.07) is 8.49. The molecule has 0 fully saturated rings. The van der Waals surface area contributed by atoms with Crippen LogP contribution in [0.2, 0.25) is 10.0 Å². The van der Waals surface area contributed by atoms with Gasteiger partial charge in [0.25, 0.3) is 0 Å². The van der Waals surface area contributed by atoms with Gasteiger partial charge in [0.15, 0.2) is 18.5 Å². The number of hydrogen-bond acceptors (Lipinski definition) is 2. The molecule has 94 valence electrons. The summed E-state index contributed by atoms with van der Waals surface area (Å²) in [6.07, 6.45) is 3.49. The lowest BCUT2D eigenvalue weighted by molar-refractivity contribution is -0.697. The van der Waals surface area contributed by atoms with E-state index in [0.29, 0.717) is 28.9 Å². The zero-order chi connectivity index (χ0) is 13.0. The number of rotatable bonds is 4. The molecule has 0 atom stereocenters. The molecular formula is C13H12Cl2NO2+. The van der Waals surface area contributed by atoms with Crippen LogP contribution in [-0.2, 0) is 6.54 Å². The lowest BCUT2D eigenvalue weighted by Gasteiger charge is -2.06. The van der Waals surface area contributed by atoms with Crippen molar-refractivity contribution in [3.63, 3.8) is 0 Å². The topological polar surface area (TPSA) is 33.3 Å². The highest BCUT2D eigenvalue weighted by Crippen LogP contribution is 2.27. The first kappa shape index (κ1) is 13.0. The van der Waals surface area contributed by atoms with Crippen molar-refractivity contribution < 1.29 is 14.4 Å². The lowest BCUT2D eigenvalue weighted by Crippen LogP contribution is -2.35. The third kappa shape index (κ3) is 3.52. The zero-order valence-electron chi connectivity index (χ0n) is 9.51. The number of aromatic nitrogens is 1. The predicted molar refractivity (Wildman–Crippen MR) is 70.3 cm³/mol. The highest BCUT2D eigenvalue weighted by molar-refractivity contribution is 6.35. The van der Waals surface area contributed by atoms with Crippen molar-refractivity contribution in [3.05, 3.63) is 52.8 Å². The fraction of sp³-hybridized carbons (Fsp3) is 0.154. The van der Waals surface area contributed by atoms with Crippen LogP contribution >= 0.6 is 23.2 Å². The van der Waals surface area contributed by atoms with E-state index in [4.69, 9.17) is 27.9 Å². The Morgan fingerprint density at radius 1 is 1.22 bits per heavy atom. The molecule has 0 saturated heterocycles. The minimum absolute atomic E-state index is 0.224. The van der Waals surface area contributed by atoms with Crippen LogP contribution in [0.4, 0.5) is 0 Å². The van der Waals surface area contributed by atoms with Crippen LogP contribution in [0.15, 0.2) is 42.7 Å². The van der Waals surface area contributed by atoms with Crippen molar-refractivity contribution in [2.75, 3.05) is 6.61 Å². The monoisotopic (exact) mass is 284 g/mol. The molecule has 0 bridgehead atoms. The first-order chi connectivity index (χ1) is 8.65. The van der Waals surface area contributed by atoms with Crippen LogP contribution in [0.1, 0.15) is 0 Å². The van der Waals surface area contributed by atoms with E-state index < -0.39 is 0 Å². The van der Waals surface area contributed by atoms with Crippen LogP contribution in [0.5, 0.6) is 11.5 Å². The van der Waals surface area contributed by atoms with Gasteiger partial charge in [-0.2, -0.15) is 4.57 Å². The molecule has 0 aliphatic heterocycles. The number of aromatic hydroxyl groups is 1. The molecule has 0 amide bonds. The molecule has 3 nitrogen and oxygen atoms in total. The molecule has 0 aliphatic carbocycles. The molecule has 0 saturated carbocycles. The number of benzene rings is 1. The van der Waals surface area contributed by atoms with Crippen LogP contribution < -0.4 is 9.30 Å². The SMILES string of the molecule is Oc1ccc[n+](CCOc2ccc(Cl)cc2Cl)c1. The number of halogens is 2.